The highest BCUT2D eigenvalue weighted by atomic mass is 19.1. The maximum atomic E-state index is 14.6. The highest BCUT2D eigenvalue weighted by molar-refractivity contribution is 5.90. The number of carbonyl (C=O) groups is 2. The van der Waals surface area contributed by atoms with E-state index in [1.54, 1.807) is 6.92 Å². The quantitative estimate of drug-likeness (QED) is 0.834. The predicted octanol–water partition coefficient (Wildman–Crippen LogP) is 1.75. The largest absolute Gasteiger partial charge is 0.442 e. The van der Waals surface area contributed by atoms with E-state index in [0.717, 1.165) is 13.1 Å². The van der Waals surface area contributed by atoms with Crippen LogP contribution < -0.4 is 15.5 Å². The van der Waals surface area contributed by atoms with Crippen LogP contribution in [0.5, 0.6) is 0 Å². The molecule has 0 aromatic heterocycles. The number of cyclic esters (lactones) is 1. The molecule has 8 heteroatoms. The van der Waals surface area contributed by atoms with E-state index in [-0.39, 0.29) is 36.2 Å². The Kier molecular flexibility index (Phi) is 4.30. The van der Waals surface area contributed by atoms with Crippen molar-refractivity contribution in [2.24, 2.45) is 11.8 Å². The minimum atomic E-state index is -0.667. The van der Waals surface area contributed by atoms with E-state index < -0.39 is 23.8 Å². The van der Waals surface area contributed by atoms with Crippen LogP contribution in [-0.4, -0.2) is 44.3 Å². The summed E-state index contributed by atoms with van der Waals surface area (Å²) in [6.07, 6.45) is -0.876. The zero-order valence-corrected chi connectivity index (χ0v) is 14.4. The monoisotopic (exact) mass is 365 g/mol. The highest BCUT2D eigenvalue weighted by Crippen LogP contribution is 2.57. The number of ether oxygens (including phenoxy) is 1. The average Bonchev–Trinajstić information content (AvgIpc) is 2.97. The molecule has 0 radical (unpaired) electrons. The van der Waals surface area contributed by atoms with Crippen LogP contribution in [0.25, 0.3) is 0 Å². The van der Waals surface area contributed by atoms with Gasteiger partial charge in [-0.3, -0.25) is 9.69 Å². The Bertz CT molecular complexity index is 724. The van der Waals surface area contributed by atoms with Gasteiger partial charge in [0.25, 0.3) is 0 Å². The topological polar surface area (TPSA) is 70.7 Å². The molecule has 2 amide bonds. The fourth-order valence-electron chi connectivity index (χ4n) is 4.08. The van der Waals surface area contributed by atoms with Crippen molar-refractivity contribution in [2.45, 2.75) is 25.4 Å². The maximum absolute atomic E-state index is 14.6. The van der Waals surface area contributed by atoms with Crippen LogP contribution in [0.1, 0.15) is 24.8 Å². The van der Waals surface area contributed by atoms with Gasteiger partial charge in [-0.05, 0) is 43.0 Å². The first kappa shape index (κ1) is 17.2. The lowest BCUT2D eigenvalue weighted by Crippen LogP contribution is -2.34. The first-order valence-corrected chi connectivity index (χ1v) is 8.94. The molecule has 140 valence electrons. The third-order valence-electron chi connectivity index (χ3n) is 5.52. The Balaban J connectivity index is 1.48. The predicted molar refractivity (Wildman–Crippen MR) is 89.9 cm³/mol. The average molecular weight is 365 g/mol. The summed E-state index contributed by atoms with van der Waals surface area (Å²) in [5.41, 5.74) is 0.270. The van der Waals surface area contributed by atoms with E-state index in [1.807, 2.05) is 0 Å². The highest BCUT2D eigenvalue weighted by Gasteiger charge is 2.55. The number of halogens is 2. The number of hydrogen-bond donors (Lipinski definition) is 2. The number of nitrogens with zero attached hydrogens (tertiary/aromatic N) is 1. The zero-order chi connectivity index (χ0) is 18.4. The van der Waals surface area contributed by atoms with E-state index in [2.05, 4.69) is 10.6 Å². The Morgan fingerprint density at radius 2 is 1.96 bits per heavy atom. The molecule has 0 spiro atoms. The van der Waals surface area contributed by atoms with Crippen molar-refractivity contribution in [3.05, 3.63) is 29.3 Å². The second-order valence-corrected chi connectivity index (χ2v) is 7.11. The number of rotatable bonds is 5. The van der Waals surface area contributed by atoms with Crippen molar-refractivity contribution in [2.75, 3.05) is 31.1 Å². The summed E-state index contributed by atoms with van der Waals surface area (Å²) < 4.78 is 34.4. The second-order valence-electron chi connectivity index (χ2n) is 7.11. The normalized spacial score (nSPS) is 29.5. The molecule has 2 saturated heterocycles. The number of benzene rings is 1. The van der Waals surface area contributed by atoms with E-state index >= 15 is 0 Å². The number of amides is 2. The minimum absolute atomic E-state index is 0.0761. The second kappa shape index (κ2) is 6.50. The van der Waals surface area contributed by atoms with Crippen LogP contribution in [0, 0.1) is 23.5 Å². The smallest absolute Gasteiger partial charge is 0.414 e. The molecule has 3 fully saturated rings. The molecule has 2 aliphatic heterocycles. The van der Waals surface area contributed by atoms with Gasteiger partial charge < -0.3 is 15.4 Å². The zero-order valence-electron chi connectivity index (χ0n) is 14.4. The molecule has 2 N–H and O–H groups in total. The Labute approximate surface area is 149 Å². The van der Waals surface area contributed by atoms with E-state index in [1.165, 1.54) is 17.0 Å². The molecule has 0 unspecified atom stereocenters. The first-order valence-electron chi connectivity index (χ1n) is 8.94. The van der Waals surface area contributed by atoms with Crippen molar-refractivity contribution in [3.63, 3.8) is 0 Å². The van der Waals surface area contributed by atoms with Gasteiger partial charge >= 0.3 is 6.09 Å². The lowest BCUT2D eigenvalue weighted by atomic mass is 10.0. The van der Waals surface area contributed by atoms with Crippen LogP contribution >= 0.6 is 0 Å². The van der Waals surface area contributed by atoms with Gasteiger partial charge in [0, 0.05) is 12.0 Å². The third kappa shape index (κ3) is 2.92. The summed E-state index contributed by atoms with van der Waals surface area (Å²) in [6.45, 7) is 3.62. The van der Waals surface area contributed by atoms with Crippen molar-refractivity contribution in [3.8, 4) is 0 Å². The van der Waals surface area contributed by atoms with Crippen LogP contribution in [0.15, 0.2) is 12.1 Å². The van der Waals surface area contributed by atoms with Gasteiger partial charge in [0.15, 0.2) is 0 Å². The van der Waals surface area contributed by atoms with Crippen molar-refractivity contribution in [1.29, 1.82) is 0 Å². The number of hydrogen-bond acceptors (Lipinski definition) is 4. The lowest BCUT2D eigenvalue weighted by Gasteiger charge is -2.16. The van der Waals surface area contributed by atoms with Gasteiger partial charge in [-0.1, -0.05) is 6.92 Å². The van der Waals surface area contributed by atoms with Crippen molar-refractivity contribution >= 4 is 17.7 Å². The third-order valence-corrected chi connectivity index (χ3v) is 5.52. The van der Waals surface area contributed by atoms with E-state index in [4.69, 9.17) is 4.74 Å². The molecule has 6 nitrogen and oxygen atoms in total. The summed E-state index contributed by atoms with van der Waals surface area (Å²) in [6, 6.07) is 2.41. The Hall–Kier alpha value is -2.22. The van der Waals surface area contributed by atoms with Gasteiger partial charge in [-0.2, -0.15) is 0 Å². The molecular weight excluding hydrogens is 344 g/mol. The molecule has 2 heterocycles. The number of carbonyl (C=O) groups excluding carboxylic acids is 2. The molecule has 0 bridgehead atoms. The van der Waals surface area contributed by atoms with Crippen LogP contribution in [-0.2, 0) is 9.53 Å². The minimum Gasteiger partial charge on any atom is -0.442 e. The Morgan fingerprint density at radius 3 is 2.58 bits per heavy atom. The van der Waals surface area contributed by atoms with Gasteiger partial charge in [0.05, 0.1) is 18.8 Å². The molecule has 4 rings (SSSR count). The van der Waals surface area contributed by atoms with Crippen molar-refractivity contribution < 1.29 is 23.1 Å². The summed E-state index contributed by atoms with van der Waals surface area (Å²) in [5, 5.41) is 5.85. The lowest BCUT2D eigenvalue weighted by molar-refractivity contribution is -0.121. The Morgan fingerprint density at radius 1 is 1.31 bits per heavy atom. The molecular formula is C18H21F2N3O3. The van der Waals surface area contributed by atoms with Gasteiger partial charge in [-0.25, -0.2) is 13.6 Å². The number of anilines is 1. The summed E-state index contributed by atoms with van der Waals surface area (Å²) in [5.74, 6) is -0.857. The van der Waals surface area contributed by atoms with Crippen LogP contribution in [0.3, 0.4) is 0 Å². The number of fused-ring (bicyclic) bond motifs is 1. The molecule has 1 aromatic rings. The van der Waals surface area contributed by atoms with E-state index in [9.17, 15) is 18.4 Å². The van der Waals surface area contributed by atoms with Crippen molar-refractivity contribution in [1.82, 2.24) is 10.6 Å². The number of piperidine rings is 1. The standard InChI is InChI=1S/C18H21F2N3O3/c1-2-15(24)22-5-10-8-23(18(25)26-10)9-3-13(19)17(14(20)4-9)16-11-6-21-7-12(11)16/h3-4,10-12,16,21H,2,5-8H2,1H3,(H,22,24)/t10-,11-,12+,16+/m0/s1. The van der Waals surface area contributed by atoms with E-state index in [0.29, 0.717) is 18.3 Å². The summed E-state index contributed by atoms with van der Waals surface area (Å²) in [4.78, 5) is 24.6. The van der Waals surface area contributed by atoms with Crippen LogP contribution in [0.2, 0.25) is 0 Å². The van der Waals surface area contributed by atoms with Gasteiger partial charge in [0.1, 0.15) is 17.7 Å². The molecule has 1 aliphatic carbocycles. The molecule has 1 aromatic carbocycles. The summed E-state index contributed by atoms with van der Waals surface area (Å²) >= 11 is 0. The molecule has 3 aliphatic rings. The summed E-state index contributed by atoms with van der Waals surface area (Å²) in [7, 11) is 0. The van der Waals surface area contributed by atoms with Gasteiger partial charge in [0.2, 0.25) is 5.91 Å². The number of nitrogens with one attached hydrogen (secondary N) is 2. The fourth-order valence-corrected chi connectivity index (χ4v) is 4.08. The maximum Gasteiger partial charge on any atom is 0.414 e. The SMILES string of the molecule is CCC(=O)NC[C@H]1CN(c2cc(F)c([C@H]3[C@@H]4CNC[C@@H]43)c(F)c2)C(=O)O1. The first-order chi connectivity index (χ1) is 12.5. The fraction of sp³-hybridized carbons (Fsp3) is 0.556. The molecule has 1 saturated carbocycles. The van der Waals surface area contributed by atoms with Crippen LogP contribution in [0.4, 0.5) is 19.3 Å². The molecule has 4 atom stereocenters. The molecule has 26 heavy (non-hydrogen) atoms. The van der Waals surface area contributed by atoms with Gasteiger partial charge in [-0.15, -0.1) is 0 Å².